The average molecular weight is 319 g/mol. The lowest BCUT2D eigenvalue weighted by atomic mass is 10.4. The molecule has 120 valence electrons. The molecule has 1 rings (SSSR count). The van der Waals surface area contributed by atoms with E-state index in [2.05, 4.69) is 10.3 Å². The SMILES string of the molecule is Cc1ncn(CCNC(=O)CCS(C)(=O)=O)c1C.O=CO. The van der Waals surface area contributed by atoms with Crippen LogP contribution in [0.2, 0.25) is 0 Å². The molecule has 0 saturated carbocycles. The number of nitrogens with zero attached hydrogens (tertiary/aromatic N) is 2. The fraction of sp³-hybridized carbons (Fsp3) is 0.583. The lowest BCUT2D eigenvalue weighted by Crippen LogP contribution is -2.28. The summed E-state index contributed by atoms with van der Waals surface area (Å²) in [6.45, 7) is 4.75. The Kier molecular flexibility index (Phi) is 8.29. The molecular formula is C12H21N3O5S. The molecule has 0 aliphatic heterocycles. The van der Waals surface area contributed by atoms with Gasteiger partial charge in [-0.3, -0.25) is 9.59 Å². The third kappa shape index (κ3) is 8.79. The molecule has 0 fully saturated rings. The Morgan fingerprint density at radius 1 is 1.48 bits per heavy atom. The Bertz CT molecular complexity index is 565. The van der Waals surface area contributed by atoms with Crippen molar-refractivity contribution in [2.75, 3.05) is 18.6 Å². The third-order valence-electron chi connectivity index (χ3n) is 2.72. The van der Waals surface area contributed by atoms with E-state index in [4.69, 9.17) is 9.90 Å². The lowest BCUT2D eigenvalue weighted by molar-refractivity contribution is -0.123. The van der Waals surface area contributed by atoms with E-state index >= 15 is 0 Å². The number of sulfone groups is 1. The van der Waals surface area contributed by atoms with Crippen molar-refractivity contribution >= 4 is 22.2 Å². The molecule has 21 heavy (non-hydrogen) atoms. The molecule has 9 heteroatoms. The van der Waals surface area contributed by atoms with Crippen molar-refractivity contribution in [2.45, 2.75) is 26.8 Å². The van der Waals surface area contributed by atoms with Gasteiger partial charge in [0.15, 0.2) is 0 Å². The molecule has 0 saturated heterocycles. The number of hydrogen-bond acceptors (Lipinski definition) is 5. The summed E-state index contributed by atoms with van der Waals surface area (Å²) in [5, 5.41) is 9.58. The van der Waals surface area contributed by atoms with E-state index in [9.17, 15) is 13.2 Å². The van der Waals surface area contributed by atoms with Crippen LogP contribution >= 0.6 is 0 Å². The second kappa shape index (κ2) is 9.11. The van der Waals surface area contributed by atoms with Gasteiger partial charge < -0.3 is 15.0 Å². The van der Waals surface area contributed by atoms with Gasteiger partial charge in [-0.2, -0.15) is 0 Å². The highest BCUT2D eigenvalue weighted by molar-refractivity contribution is 7.90. The first-order valence-electron chi connectivity index (χ1n) is 6.22. The van der Waals surface area contributed by atoms with Crippen LogP contribution in [0, 0.1) is 13.8 Å². The summed E-state index contributed by atoms with van der Waals surface area (Å²) in [7, 11) is -3.08. The van der Waals surface area contributed by atoms with Crippen LogP contribution in [0.25, 0.3) is 0 Å². The van der Waals surface area contributed by atoms with E-state index in [0.717, 1.165) is 17.6 Å². The first-order valence-corrected chi connectivity index (χ1v) is 8.28. The molecule has 0 aliphatic rings. The summed E-state index contributed by atoms with van der Waals surface area (Å²) in [6, 6.07) is 0. The fourth-order valence-corrected chi connectivity index (χ4v) is 2.01. The van der Waals surface area contributed by atoms with Crippen molar-refractivity contribution in [2.24, 2.45) is 0 Å². The Morgan fingerprint density at radius 2 is 2.05 bits per heavy atom. The largest absolute Gasteiger partial charge is 0.483 e. The van der Waals surface area contributed by atoms with E-state index in [1.54, 1.807) is 6.33 Å². The fourth-order valence-electron chi connectivity index (χ4n) is 1.45. The number of aryl methyl sites for hydroxylation is 1. The number of amides is 1. The zero-order chi connectivity index (χ0) is 16.5. The van der Waals surface area contributed by atoms with E-state index in [-0.39, 0.29) is 24.6 Å². The topological polar surface area (TPSA) is 118 Å². The van der Waals surface area contributed by atoms with Gasteiger partial charge >= 0.3 is 0 Å². The minimum absolute atomic E-state index is 0.0147. The number of imidazole rings is 1. The normalized spacial score (nSPS) is 10.4. The van der Waals surface area contributed by atoms with E-state index in [0.29, 0.717) is 13.1 Å². The van der Waals surface area contributed by atoms with Crippen LogP contribution in [0.3, 0.4) is 0 Å². The van der Waals surface area contributed by atoms with Gasteiger partial charge in [-0.15, -0.1) is 0 Å². The van der Waals surface area contributed by atoms with E-state index in [1.807, 2.05) is 18.4 Å². The van der Waals surface area contributed by atoms with Gasteiger partial charge in [-0.05, 0) is 13.8 Å². The van der Waals surface area contributed by atoms with Gasteiger partial charge in [-0.25, -0.2) is 13.4 Å². The smallest absolute Gasteiger partial charge is 0.290 e. The molecule has 0 spiro atoms. The maximum absolute atomic E-state index is 11.4. The van der Waals surface area contributed by atoms with Gasteiger partial charge in [-0.1, -0.05) is 0 Å². The minimum Gasteiger partial charge on any atom is -0.483 e. The highest BCUT2D eigenvalue weighted by atomic mass is 32.2. The molecule has 0 atom stereocenters. The molecule has 0 aliphatic carbocycles. The third-order valence-corrected chi connectivity index (χ3v) is 3.67. The maximum Gasteiger partial charge on any atom is 0.290 e. The molecule has 0 bridgehead atoms. The van der Waals surface area contributed by atoms with Gasteiger partial charge in [0.05, 0.1) is 17.8 Å². The number of carboxylic acid groups (broad SMARTS) is 1. The van der Waals surface area contributed by atoms with Gasteiger partial charge in [0.1, 0.15) is 9.84 Å². The minimum atomic E-state index is -3.08. The molecule has 8 nitrogen and oxygen atoms in total. The first-order chi connectivity index (χ1) is 9.71. The molecule has 0 aromatic carbocycles. The second-order valence-electron chi connectivity index (χ2n) is 4.44. The summed E-state index contributed by atoms with van der Waals surface area (Å²) < 4.78 is 23.7. The quantitative estimate of drug-likeness (QED) is 0.698. The van der Waals surface area contributed by atoms with Crippen molar-refractivity contribution in [3.05, 3.63) is 17.7 Å². The Balaban J connectivity index is 0.00000122. The highest BCUT2D eigenvalue weighted by Gasteiger charge is 2.07. The van der Waals surface area contributed by atoms with Crippen LogP contribution in [0.5, 0.6) is 0 Å². The Labute approximate surface area is 124 Å². The Morgan fingerprint density at radius 3 is 2.48 bits per heavy atom. The molecular weight excluding hydrogens is 298 g/mol. The predicted molar refractivity (Wildman–Crippen MR) is 77.7 cm³/mol. The van der Waals surface area contributed by atoms with Crippen LogP contribution in [0.1, 0.15) is 17.8 Å². The van der Waals surface area contributed by atoms with Crippen molar-refractivity contribution < 1.29 is 23.1 Å². The predicted octanol–water partition coefficient (Wildman–Crippen LogP) is -0.248. The Hall–Kier alpha value is -1.90. The molecule has 1 aromatic rings. The molecule has 2 N–H and O–H groups in total. The monoisotopic (exact) mass is 319 g/mol. The standard InChI is InChI=1S/C11H19N3O3S.CH2O2/c1-9-10(2)14(8-13-9)6-5-12-11(15)4-7-18(3,16)17;2-1-3/h8H,4-7H2,1-3H3,(H,12,15);1H,(H,2,3). The number of aromatic nitrogens is 2. The molecule has 1 aromatic heterocycles. The maximum atomic E-state index is 11.4. The molecule has 1 amide bonds. The summed E-state index contributed by atoms with van der Waals surface area (Å²) in [4.78, 5) is 23.9. The van der Waals surface area contributed by atoms with Crippen LogP contribution in [-0.4, -0.2) is 54.0 Å². The summed E-state index contributed by atoms with van der Waals surface area (Å²) >= 11 is 0. The number of carbonyl (C=O) groups is 2. The van der Waals surface area contributed by atoms with E-state index < -0.39 is 9.84 Å². The van der Waals surface area contributed by atoms with Crippen molar-refractivity contribution in [1.82, 2.24) is 14.9 Å². The second-order valence-corrected chi connectivity index (χ2v) is 6.70. The van der Waals surface area contributed by atoms with Crippen LogP contribution < -0.4 is 5.32 Å². The zero-order valence-corrected chi connectivity index (χ0v) is 13.2. The van der Waals surface area contributed by atoms with Crippen LogP contribution in [0.4, 0.5) is 0 Å². The van der Waals surface area contributed by atoms with Crippen LogP contribution in [-0.2, 0) is 26.0 Å². The molecule has 0 radical (unpaired) electrons. The van der Waals surface area contributed by atoms with Gasteiger partial charge in [0, 0.05) is 31.5 Å². The number of rotatable bonds is 6. The number of nitrogens with one attached hydrogen (secondary N) is 1. The van der Waals surface area contributed by atoms with E-state index in [1.165, 1.54) is 0 Å². The van der Waals surface area contributed by atoms with Crippen LogP contribution in [0.15, 0.2) is 6.33 Å². The summed E-state index contributed by atoms with van der Waals surface area (Å²) in [5.41, 5.74) is 2.04. The number of carbonyl (C=O) groups excluding carboxylic acids is 1. The summed E-state index contributed by atoms with van der Waals surface area (Å²) in [6.07, 6.45) is 2.87. The van der Waals surface area contributed by atoms with Crippen molar-refractivity contribution in [1.29, 1.82) is 0 Å². The van der Waals surface area contributed by atoms with Crippen molar-refractivity contribution in [3.8, 4) is 0 Å². The van der Waals surface area contributed by atoms with Crippen molar-refractivity contribution in [3.63, 3.8) is 0 Å². The first kappa shape index (κ1) is 19.1. The number of hydrogen-bond donors (Lipinski definition) is 2. The lowest BCUT2D eigenvalue weighted by Gasteiger charge is -2.07. The highest BCUT2D eigenvalue weighted by Crippen LogP contribution is 2.02. The molecule has 0 unspecified atom stereocenters. The van der Waals surface area contributed by atoms with Gasteiger partial charge in [0.2, 0.25) is 5.91 Å². The van der Waals surface area contributed by atoms with Gasteiger partial charge in [0.25, 0.3) is 6.47 Å². The average Bonchev–Trinajstić information content (AvgIpc) is 2.68. The summed E-state index contributed by atoms with van der Waals surface area (Å²) in [5.74, 6) is -0.350. The zero-order valence-electron chi connectivity index (χ0n) is 12.4. The molecule has 1 heterocycles.